The molecule has 5 rings (SSSR count). The number of aromatic amines is 1. The number of ether oxygens (including phenoxy) is 4. The number of H-pyrrole nitrogens is 1. The first-order valence-electron chi connectivity index (χ1n) is 13.6. The number of allylic oxidation sites excluding steroid dienone is 1. The maximum atomic E-state index is 13.3. The lowest BCUT2D eigenvalue weighted by Gasteiger charge is -2.36. The molecule has 0 aliphatic carbocycles. The Morgan fingerprint density at radius 2 is 1.88 bits per heavy atom. The van der Waals surface area contributed by atoms with Crippen LogP contribution < -0.4 is 5.32 Å². The summed E-state index contributed by atoms with van der Waals surface area (Å²) in [5.41, 5.74) is 3.49. The molecule has 0 saturated heterocycles. The van der Waals surface area contributed by atoms with Crippen molar-refractivity contribution in [2.24, 2.45) is 5.92 Å². The van der Waals surface area contributed by atoms with Crippen LogP contribution in [0, 0.1) is 5.92 Å². The first-order valence-corrected chi connectivity index (χ1v) is 13.6. The summed E-state index contributed by atoms with van der Waals surface area (Å²) >= 11 is 0. The highest BCUT2D eigenvalue weighted by atomic mass is 16.7. The third-order valence-electron chi connectivity index (χ3n) is 6.87. The van der Waals surface area contributed by atoms with Crippen molar-refractivity contribution in [3.63, 3.8) is 0 Å². The summed E-state index contributed by atoms with van der Waals surface area (Å²) in [6.07, 6.45) is 3.57. The summed E-state index contributed by atoms with van der Waals surface area (Å²) in [7, 11) is 0. The van der Waals surface area contributed by atoms with Gasteiger partial charge in [0.15, 0.2) is 5.76 Å². The maximum absolute atomic E-state index is 13.3. The molecule has 1 amide bonds. The zero-order valence-electron chi connectivity index (χ0n) is 22.5. The van der Waals surface area contributed by atoms with Crippen molar-refractivity contribution in [1.82, 2.24) is 15.3 Å². The summed E-state index contributed by atoms with van der Waals surface area (Å²) in [5, 5.41) is 12.8. The van der Waals surface area contributed by atoms with Crippen molar-refractivity contribution in [2.45, 2.75) is 32.1 Å². The van der Waals surface area contributed by atoms with Gasteiger partial charge < -0.3 is 38.8 Å². The highest BCUT2D eigenvalue weighted by Gasteiger charge is 2.39. The van der Waals surface area contributed by atoms with Gasteiger partial charge in [-0.2, -0.15) is 0 Å². The van der Waals surface area contributed by atoms with Crippen LogP contribution in [0.2, 0.25) is 0 Å². The van der Waals surface area contributed by atoms with Gasteiger partial charge in [0.05, 0.1) is 50.3 Å². The minimum atomic E-state index is -0.658. The molecule has 40 heavy (non-hydrogen) atoms. The van der Waals surface area contributed by atoms with E-state index in [9.17, 15) is 4.79 Å². The molecule has 0 radical (unpaired) electrons. The average molecular weight is 550 g/mol. The smallest absolute Gasteiger partial charge is 0.286 e. The van der Waals surface area contributed by atoms with Gasteiger partial charge in [-0.25, -0.2) is 4.98 Å². The zero-order valence-corrected chi connectivity index (χ0v) is 22.5. The number of amides is 1. The number of rotatable bonds is 14. The molecule has 0 saturated carbocycles. The standard InChI is InChI=1S/C30H35N3O7/c1-2-38-30-21(11-13-36-15-16-37-14-12-34)22(23-19-39-26-10-6-3-7-20(23)26)17-27(40-30)29(35)31-18-28-32-24-8-4-5-9-25(24)33-28/h3-10,17,19,21-22,30,34H,2,11-16,18H2,1H3,(H,31,35)(H,32,33)/t21-,22-,30+/m0/s1. The largest absolute Gasteiger partial charge is 0.464 e. The summed E-state index contributed by atoms with van der Waals surface area (Å²) in [4.78, 5) is 21.1. The number of carbonyl (C=O) groups excluding carboxylic acids is 1. The second kappa shape index (κ2) is 13.6. The first-order chi connectivity index (χ1) is 19.7. The fourth-order valence-electron chi connectivity index (χ4n) is 5.00. The van der Waals surface area contributed by atoms with E-state index in [2.05, 4.69) is 15.3 Å². The summed E-state index contributed by atoms with van der Waals surface area (Å²) in [6.45, 7) is 4.08. The monoisotopic (exact) mass is 549 g/mol. The number of aromatic nitrogens is 2. The molecule has 10 heteroatoms. The van der Waals surface area contributed by atoms with E-state index in [1.54, 1.807) is 6.26 Å². The van der Waals surface area contributed by atoms with E-state index in [0.717, 1.165) is 27.6 Å². The van der Waals surface area contributed by atoms with Crippen LogP contribution in [0.5, 0.6) is 0 Å². The summed E-state index contributed by atoms with van der Waals surface area (Å²) in [5.74, 6) is 0.155. The predicted molar refractivity (Wildman–Crippen MR) is 148 cm³/mol. The number of hydrogen-bond acceptors (Lipinski definition) is 8. The van der Waals surface area contributed by atoms with Crippen molar-refractivity contribution < 1.29 is 33.3 Å². The summed E-state index contributed by atoms with van der Waals surface area (Å²) < 4.78 is 29.1. The number of fused-ring (bicyclic) bond motifs is 2. The van der Waals surface area contributed by atoms with E-state index < -0.39 is 6.29 Å². The van der Waals surface area contributed by atoms with Crippen LogP contribution in [0.15, 0.2) is 71.0 Å². The Labute approximate surface area is 232 Å². The van der Waals surface area contributed by atoms with Crippen molar-refractivity contribution in [2.75, 3.05) is 39.6 Å². The first kappa shape index (κ1) is 27.9. The van der Waals surface area contributed by atoms with Crippen molar-refractivity contribution in [1.29, 1.82) is 0 Å². The Morgan fingerprint density at radius 3 is 2.70 bits per heavy atom. The molecule has 4 aromatic rings. The number of carbonyl (C=O) groups is 1. The van der Waals surface area contributed by atoms with Gasteiger partial charge in [-0.1, -0.05) is 30.3 Å². The third-order valence-corrected chi connectivity index (χ3v) is 6.87. The maximum Gasteiger partial charge on any atom is 0.286 e. The van der Waals surface area contributed by atoms with E-state index in [0.29, 0.717) is 38.7 Å². The molecule has 0 unspecified atom stereocenters. The zero-order chi connectivity index (χ0) is 27.7. The van der Waals surface area contributed by atoms with Gasteiger partial charge >= 0.3 is 0 Å². The molecule has 3 atom stereocenters. The molecular weight excluding hydrogens is 514 g/mol. The number of aliphatic hydroxyl groups excluding tert-OH is 1. The lowest BCUT2D eigenvalue weighted by atomic mass is 9.81. The predicted octanol–water partition coefficient (Wildman–Crippen LogP) is 4.02. The number of imidazole rings is 1. The Balaban J connectivity index is 1.35. The number of para-hydroxylation sites is 3. The fraction of sp³-hybridized carbons (Fsp3) is 0.400. The Kier molecular flexibility index (Phi) is 9.46. The molecule has 2 aromatic heterocycles. The molecule has 10 nitrogen and oxygen atoms in total. The molecule has 212 valence electrons. The number of furan rings is 1. The average Bonchev–Trinajstić information content (AvgIpc) is 3.60. The van der Waals surface area contributed by atoms with E-state index in [4.69, 9.17) is 28.5 Å². The van der Waals surface area contributed by atoms with Crippen LogP contribution in [-0.2, 0) is 30.3 Å². The number of hydrogen-bond donors (Lipinski definition) is 3. The Bertz CT molecular complexity index is 1400. The molecule has 3 N–H and O–H groups in total. The van der Waals surface area contributed by atoms with Gasteiger partial charge in [-0.3, -0.25) is 4.79 Å². The van der Waals surface area contributed by atoms with Gasteiger partial charge in [-0.15, -0.1) is 0 Å². The molecule has 3 heterocycles. The van der Waals surface area contributed by atoms with Crippen LogP contribution in [0.3, 0.4) is 0 Å². The number of nitrogens with zero attached hydrogens (tertiary/aromatic N) is 1. The highest BCUT2D eigenvalue weighted by Crippen LogP contribution is 2.42. The van der Waals surface area contributed by atoms with E-state index in [1.807, 2.05) is 61.5 Å². The van der Waals surface area contributed by atoms with E-state index >= 15 is 0 Å². The third kappa shape index (κ3) is 6.53. The van der Waals surface area contributed by atoms with Gasteiger partial charge in [0, 0.05) is 36.0 Å². The SMILES string of the molecule is CCO[C@@H]1OC(C(=O)NCc2nc3ccccc3[nH]2)=C[C@H](c2coc3ccccc23)[C@@H]1CCOCCOCCO. The summed E-state index contributed by atoms with van der Waals surface area (Å²) in [6, 6.07) is 15.6. The quantitative estimate of drug-likeness (QED) is 0.201. The Morgan fingerprint density at radius 1 is 1.07 bits per heavy atom. The molecular formula is C30H35N3O7. The minimum Gasteiger partial charge on any atom is -0.464 e. The topological polar surface area (TPSA) is 128 Å². The fourth-order valence-corrected chi connectivity index (χ4v) is 5.00. The molecule has 2 aromatic carbocycles. The number of aliphatic hydroxyl groups is 1. The van der Waals surface area contributed by atoms with Crippen molar-refractivity contribution in [3.05, 3.63) is 78.0 Å². The van der Waals surface area contributed by atoms with Crippen LogP contribution in [-0.4, -0.2) is 66.9 Å². The lowest BCUT2D eigenvalue weighted by molar-refractivity contribution is -0.168. The lowest BCUT2D eigenvalue weighted by Crippen LogP contribution is -2.39. The van der Waals surface area contributed by atoms with Gasteiger partial charge in [0.25, 0.3) is 5.91 Å². The van der Waals surface area contributed by atoms with Gasteiger partial charge in [-0.05, 0) is 37.6 Å². The van der Waals surface area contributed by atoms with Crippen LogP contribution in [0.1, 0.15) is 30.7 Å². The highest BCUT2D eigenvalue weighted by molar-refractivity contribution is 5.92. The molecule has 1 aliphatic rings. The van der Waals surface area contributed by atoms with Gasteiger partial charge in [0.1, 0.15) is 11.4 Å². The molecule has 1 aliphatic heterocycles. The van der Waals surface area contributed by atoms with Gasteiger partial charge in [0.2, 0.25) is 6.29 Å². The van der Waals surface area contributed by atoms with Crippen LogP contribution in [0.4, 0.5) is 0 Å². The van der Waals surface area contributed by atoms with Crippen LogP contribution >= 0.6 is 0 Å². The van der Waals surface area contributed by atoms with Crippen molar-refractivity contribution >= 4 is 27.9 Å². The van der Waals surface area contributed by atoms with Crippen LogP contribution in [0.25, 0.3) is 22.0 Å². The molecule has 0 fully saturated rings. The molecule has 0 bridgehead atoms. The second-order valence-electron chi connectivity index (χ2n) is 9.47. The van der Waals surface area contributed by atoms with E-state index in [1.165, 1.54) is 0 Å². The number of nitrogens with one attached hydrogen (secondary N) is 2. The Hall–Kier alpha value is -3.70. The van der Waals surface area contributed by atoms with Crippen molar-refractivity contribution in [3.8, 4) is 0 Å². The minimum absolute atomic E-state index is 0.0176. The molecule has 0 spiro atoms. The number of benzene rings is 2. The normalized spacial score (nSPS) is 19.1. The second-order valence-corrected chi connectivity index (χ2v) is 9.47. The van der Waals surface area contributed by atoms with E-state index in [-0.39, 0.29) is 43.3 Å².